The van der Waals surface area contributed by atoms with Crippen LogP contribution in [0.4, 0.5) is 0 Å². The summed E-state index contributed by atoms with van der Waals surface area (Å²) in [5.41, 5.74) is 0.213. The SMILES string of the molecule is Cc1nn(CCC#N)c(S(N)(=O)=O)c1C#N. The normalized spacial score (nSPS) is 10.8. The number of aryl methyl sites for hydroxylation is 2. The molecule has 0 amide bonds. The largest absolute Gasteiger partial charge is 0.256 e. The molecular formula is C8H9N5O2S. The van der Waals surface area contributed by atoms with Gasteiger partial charge in [-0.1, -0.05) is 0 Å². The molecule has 0 radical (unpaired) electrons. The molecule has 1 aromatic rings. The number of hydrogen-bond donors (Lipinski definition) is 1. The molecule has 2 N–H and O–H groups in total. The Labute approximate surface area is 92.7 Å². The van der Waals surface area contributed by atoms with Gasteiger partial charge in [-0.15, -0.1) is 0 Å². The van der Waals surface area contributed by atoms with Crippen LogP contribution in [-0.4, -0.2) is 18.2 Å². The standard InChI is InChI=1S/C8H9N5O2S/c1-6-7(5-10)8(16(11,14)15)13(12-6)4-2-3-9/h2,4H2,1H3,(H2,11,14,15). The van der Waals surface area contributed by atoms with Crippen molar-refractivity contribution in [2.75, 3.05) is 0 Å². The van der Waals surface area contributed by atoms with E-state index in [0.29, 0.717) is 0 Å². The summed E-state index contributed by atoms with van der Waals surface area (Å²) < 4.78 is 23.7. The van der Waals surface area contributed by atoms with E-state index in [-0.39, 0.29) is 29.2 Å². The quantitative estimate of drug-likeness (QED) is 0.769. The van der Waals surface area contributed by atoms with Crippen LogP contribution in [0, 0.1) is 29.6 Å². The van der Waals surface area contributed by atoms with E-state index in [2.05, 4.69) is 5.10 Å². The van der Waals surface area contributed by atoms with Crippen molar-refractivity contribution in [2.24, 2.45) is 5.14 Å². The summed E-state index contributed by atoms with van der Waals surface area (Å²) >= 11 is 0. The highest BCUT2D eigenvalue weighted by Gasteiger charge is 2.23. The molecule has 0 atom stereocenters. The monoisotopic (exact) mass is 239 g/mol. The molecule has 0 spiro atoms. The Kier molecular flexibility index (Phi) is 3.28. The fourth-order valence-electron chi connectivity index (χ4n) is 1.29. The van der Waals surface area contributed by atoms with E-state index in [4.69, 9.17) is 15.7 Å². The second kappa shape index (κ2) is 4.31. The smallest absolute Gasteiger partial charge is 0.250 e. The van der Waals surface area contributed by atoms with Crippen LogP contribution >= 0.6 is 0 Å². The Balaban J connectivity index is 3.43. The highest BCUT2D eigenvalue weighted by Crippen LogP contribution is 2.17. The first-order chi connectivity index (χ1) is 7.41. The van der Waals surface area contributed by atoms with E-state index in [1.807, 2.05) is 6.07 Å². The van der Waals surface area contributed by atoms with E-state index >= 15 is 0 Å². The van der Waals surface area contributed by atoms with Gasteiger partial charge < -0.3 is 0 Å². The fourth-order valence-corrected chi connectivity index (χ4v) is 2.19. The lowest BCUT2D eigenvalue weighted by atomic mass is 10.3. The molecule has 84 valence electrons. The number of aromatic nitrogens is 2. The zero-order chi connectivity index (χ0) is 12.3. The number of nitriles is 2. The zero-order valence-electron chi connectivity index (χ0n) is 8.51. The molecule has 0 saturated carbocycles. The van der Waals surface area contributed by atoms with Crippen LogP contribution in [0.15, 0.2) is 5.03 Å². The van der Waals surface area contributed by atoms with Crippen molar-refractivity contribution in [2.45, 2.75) is 24.9 Å². The van der Waals surface area contributed by atoms with Crippen LogP contribution < -0.4 is 5.14 Å². The molecular weight excluding hydrogens is 230 g/mol. The lowest BCUT2D eigenvalue weighted by Crippen LogP contribution is -2.19. The number of primary sulfonamides is 1. The lowest BCUT2D eigenvalue weighted by Gasteiger charge is -2.02. The van der Waals surface area contributed by atoms with Crippen LogP contribution in [-0.2, 0) is 16.6 Å². The van der Waals surface area contributed by atoms with E-state index in [0.717, 1.165) is 4.68 Å². The Morgan fingerprint density at radius 3 is 2.56 bits per heavy atom. The maximum absolute atomic E-state index is 11.3. The summed E-state index contributed by atoms with van der Waals surface area (Å²) in [6.07, 6.45) is 0.0918. The summed E-state index contributed by atoms with van der Waals surface area (Å²) in [5, 5.41) is 25.8. The summed E-state index contributed by atoms with van der Waals surface area (Å²) in [7, 11) is -4.02. The average Bonchev–Trinajstić information content (AvgIpc) is 2.50. The molecule has 1 aromatic heterocycles. The number of rotatable bonds is 3. The zero-order valence-corrected chi connectivity index (χ0v) is 9.32. The Bertz CT molecular complexity index is 587. The molecule has 0 fully saturated rings. The van der Waals surface area contributed by atoms with Crippen molar-refractivity contribution in [3.63, 3.8) is 0 Å². The fraction of sp³-hybridized carbons (Fsp3) is 0.375. The van der Waals surface area contributed by atoms with Crippen molar-refractivity contribution in [3.8, 4) is 12.1 Å². The summed E-state index contributed by atoms with van der Waals surface area (Å²) in [5.74, 6) is 0. The van der Waals surface area contributed by atoms with Crippen molar-refractivity contribution in [1.29, 1.82) is 10.5 Å². The maximum Gasteiger partial charge on any atom is 0.256 e. The van der Waals surface area contributed by atoms with Crippen LogP contribution in [0.25, 0.3) is 0 Å². The number of nitrogens with two attached hydrogens (primary N) is 1. The number of nitrogens with zero attached hydrogens (tertiary/aromatic N) is 4. The highest BCUT2D eigenvalue weighted by atomic mass is 32.2. The van der Waals surface area contributed by atoms with Crippen LogP contribution in [0.3, 0.4) is 0 Å². The predicted octanol–water partition coefficient (Wildman–Crippen LogP) is -0.376. The van der Waals surface area contributed by atoms with Gasteiger partial charge in [0.25, 0.3) is 10.0 Å². The molecule has 0 unspecified atom stereocenters. The first-order valence-corrected chi connectivity index (χ1v) is 5.83. The van der Waals surface area contributed by atoms with Gasteiger partial charge in [0, 0.05) is 0 Å². The first-order valence-electron chi connectivity index (χ1n) is 4.29. The van der Waals surface area contributed by atoms with Crippen molar-refractivity contribution in [3.05, 3.63) is 11.3 Å². The maximum atomic E-state index is 11.3. The van der Waals surface area contributed by atoms with Crippen molar-refractivity contribution >= 4 is 10.0 Å². The minimum Gasteiger partial charge on any atom is -0.250 e. The van der Waals surface area contributed by atoms with Crippen LogP contribution in [0.5, 0.6) is 0 Å². The minimum absolute atomic E-state index is 0.0690. The minimum atomic E-state index is -4.02. The van der Waals surface area contributed by atoms with Gasteiger partial charge in [-0.05, 0) is 6.92 Å². The molecule has 1 rings (SSSR count). The van der Waals surface area contributed by atoms with Gasteiger partial charge >= 0.3 is 0 Å². The summed E-state index contributed by atoms with van der Waals surface area (Å²) in [4.78, 5) is 0. The molecule has 16 heavy (non-hydrogen) atoms. The average molecular weight is 239 g/mol. The lowest BCUT2D eigenvalue weighted by molar-refractivity contribution is 0.541. The third kappa shape index (κ3) is 2.19. The number of sulfonamides is 1. The topological polar surface area (TPSA) is 126 Å². The molecule has 0 bridgehead atoms. The van der Waals surface area contributed by atoms with E-state index in [1.54, 1.807) is 6.07 Å². The molecule has 0 aromatic carbocycles. The molecule has 0 aliphatic heterocycles. The van der Waals surface area contributed by atoms with E-state index < -0.39 is 10.0 Å². The molecule has 0 aliphatic rings. The van der Waals surface area contributed by atoms with Gasteiger partial charge in [0.1, 0.15) is 11.6 Å². The van der Waals surface area contributed by atoms with Crippen LogP contribution in [0.2, 0.25) is 0 Å². The Morgan fingerprint density at radius 2 is 2.12 bits per heavy atom. The summed E-state index contributed by atoms with van der Waals surface area (Å²) in [6.45, 7) is 1.60. The van der Waals surface area contributed by atoms with Gasteiger partial charge in [-0.3, -0.25) is 4.68 Å². The van der Waals surface area contributed by atoms with Crippen LogP contribution in [0.1, 0.15) is 17.7 Å². The Morgan fingerprint density at radius 1 is 1.50 bits per heavy atom. The highest BCUT2D eigenvalue weighted by molar-refractivity contribution is 7.89. The Hall–Kier alpha value is -1.90. The predicted molar refractivity (Wildman–Crippen MR) is 53.3 cm³/mol. The summed E-state index contributed by atoms with van der Waals surface area (Å²) in [6, 6.07) is 3.60. The van der Waals surface area contributed by atoms with E-state index in [1.165, 1.54) is 6.92 Å². The first kappa shape index (κ1) is 12.2. The van der Waals surface area contributed by atoms with Gasteiger partial charge in [-0.2, -0.15) is 15.6 Å². The molecule has 8 heteroatoms. The van der Waals surface area contributed by atoms with Gasteiger partial charge in [0.05, 0.1) is 24.7 Å². The molecule has 0 saturated heterocycles. The van der Waals surface area contributed by atoms with Gasteiger partial charge in [-0.25, -0.2) is 13.6 Å². The third-order valence-electron chi connectivity index (χ3n) is 1.90. The molecule has 1 heterocycles. The molecule has 0 aliphatic carbocycles. The third-order valence-corrected chi connectivity index (χ3v) is 2.85. The number of hydrogen-bond acceptors (Lipinski definition) is 5. The van der Waals surface area contributed by atoms with Crippen molar-refractivity contribution < 1.29 is 8.42 Å². The molecule has 7 nitrogen and oxygen atoms in total. The second-order valence-electron chi connectivity index (χ2n) is 3.05. The van der Waals surface area contributed by atoms with E-state index in [9.17, 15) is 8.42 Å². The second-order valence-corrected chi connectivity index (χ2v) is 4.53. The van der Waals surface area contributed by atoms with Gasteiger partial charge in [0.15, 0.2) is 5.03 Å². The van der Waals surface area contributed by atoms with Gasteiger partial charge in [0.2, 0.25) is 0 Å². The van der Waals surface area contributed by atoms with Crippen molar-refractivity contribution in [1.82, 2.24) is 9.78 Å².